The Morgan fingerprint density at radius 2 is 1.90 bits per heavy atom. The molecule has 30 heavy (non-hydrogen) atoms. The quantitative estimate of drug-likeness (QED) is 0.180. The van der Waals surface area contributed by atoms with E-state index in [1.807, 2.05) is 22.9 Å². The van der Waals surface area contributed by atoms with Crippen LogP contribution in [0, 0.1) is 6.92 Å². The topological polar surface area (TPSA) is 72.7 Å². The van der Waals surface area contributed by atoms with E-state index in [1.165, 1.54) is 5.56 Å². The van der Waals surface area contributed by atoms with Crippen LogP contribution in [0.5, 0.6) is 0 Å². The minimum Gasteiger partial charge on any atom is -0.382 e. The van der Waals surface area contributed by atoms with Crippen molar-refractivity contribution in [2.75, 3.05) is 46.6 Å². The molecule has 0 radical (unpaired) electrons. The van der Waals surface area contributed by atoms with E-state index in [-0.39, 0.29) is 24.0 Å². The van der Waals surface area contributed by atoms with Crippen molar-refractivity contribution >= 4 is 29.9 Å². The van der Waals surface area contributed by atoms with E-state index < -0.39 is 0 Å². The first kappa shape index (κ1) is 26.4. The summed E-state index contributed by atoms with van der Waals surface area (Å²) in [6.07, 6.45) is 5.01. The Balaban J connectivity index is 0.00000450. The molecule has 2 rings (SSSR count). The van der Waals surface area contributed by atoms with Gasteiger partial charge in [0.05, 0.1) is 24.6 Å². The van der Waals surface area contributed by atoms with Gasteiger partial charge in [-0.25, -0.2) is 4.68 Å². The summed E-state index contributed by atoms with van der Waals surface area (Å²) in [7, 11) is 1.68. The number of aromatic nitrogens is 2. The molecule has 0 aliphatic heterocycles. The molecule has 7 nitrogen and oxygen atoms in total. The summed E-state index contributed by atoms with van der Waals surface area (Å²) in [4.78, 5) is 4.68. The number of nitrogens with one attached hydrogen (secondary N) is 2. The summed E-state index contributed by atoms with van der Waals surface area (Å²) in [5.41, 5.74) is 3.44. The molecular formula is C22H36IN5O2. The third-order valence-electron chi connectivity index (χ3n) is 4.43. The van der Waals surface area contributed by atoms with Crippen LogP contribution < -0.4 is 10.6 Å². The zero-order valence-corrected chi connectivity index (χ0v) is 20.7. The lowest BCUT2D eigenvalue weighted by molar-refractivity contribution is 0.0698. The number of aliphatic imine (C=N–C) groups is 1. The van der Waals surface area contributed by atoms with Crippen molar-refractivity contribution in [2.24, 2.45) is 4.99 Å². The Bertz CT molecular complexity index is 722. The minimum absolute atomic E-state index is 0. The number of benzene rings is 1. The van der Waals surface area contributed by atoms with Crippen molar-refractivity contribution < 1.29 is 9.47 Å². The first-order valence-corrected chi connectivity index (χ1v) is 10.4. The molecule has 0 amide bonds. The van der Waals surface area contributed by atoms with Gasteiger partial charge < -0.3 is 20.1 Å². The van der Waals surface area contributed by atoms with Gasteiger partial charge in [0.2, 0.25) is 0 Å². The largest absolute Gasteiger partial charge is 0.382 e. The molecule has 2 N–H and O–H groups in total. The normalized spacial score (nSPS) is 11.2. The molecule has 0 saturated heterocycles. The molecule has 2 aromatic rings. The van der Waals surface area contributed by atoms with Crippen LogP contribution >= 0.6 is 24.0 Å². The zero-order chi connectivity index (χ0) is 20.7. The van der Waals surface area contributed by atoms with Gasteiger partial charge in [0.1, 0.15) is 0 Å². The van der Waals surface area contributed by atoms with Gasteiger partial charge in [0.25, 0.3) is 0 Å². The Morgan fingerprint density at radius 1 is 1.10 bits per heavy atom. The molecule has 0 unspecified atom stereocenters. The number of para-hydroxylation sites is 1. The van der Waals surface area contributed by atoms with Gasteiger partial charge in [-0.1, -0.05) is 18.2 Å². The number of ether oxygens (including phenoxy) is 2. The maximum absolute atomic E-state index is 5.48. The monoisotopic (exact) mass is 529 g/mol. The van der Waals surface area contributed by atoms with Crippen LogP contribution in [0.25, 0.3) is 5.69 Å². The smallest absolute Gasteiger partial charge is 0.191 e. The van der Waals surface area contributed by atoms with Gasteiger partial charge in [0.15, 0.2) is 5.96 Å². The minimum atomic E-state index is 0. The van der Waals surface area contributed by atoms with E-state index >= 15 is 0 Å². The molecule has 0 aliphatic carbocycles. The van der Waals surface area contributed by atoms with Crippen molar-refractivity contribution in [1.82, 2.24) is 20.4 Å². The highest BCUT2D eigenvalue weighted by Crippen LogP contribution is 2.13. The fraction of sp³-hybridized carbons (Fsp3) is 0.545. The van der Waals surface area contributed by atoms with E-state index in [0.717, 1.165) is 62.8 Å². The molecule has 0 atom stereocenters. The summed E-state index contributed by atoms with van der Waals surface area (Å²) < 4.78 is 12.4. The van der Waals surface area contributed by atoms with Crippen LogP contribution in [0.15, 0.2) is 41.5 Å². The van der Waals surface area contributed by atoms with E-state index in [2.05, 4.69) is 52.9 Å². The molecule has 0 aliphatic rings. The van der Waals surface area contributed by atoms with Crippen molar-refractivity contribution in [3.63, 3.8) is 0 Å². The summed E-state index contributed by atoms with van der Waals surface area (Å²) in [6, 6.07) is 10.2. The average molecular weight is 529 g/mol. The molecule has 168 valence electrons. The predicted octanol–water partition coefficient (Wildman–Crippen LogP) is 3.34. The van der Waals surface area contributed by atoms with E-state index in [9.17, 15) is 0 Å². The van der Waals surface area contributed by atoms with E-state index in [1.54, 1.807) is 7.11 Å². The SMILES string of the molecule is CCNC(=NCCCc1cn(-c2ccccc2)nc1C)NCCCOCCOC.I. The van der Waals surface area contributed by atoms with Crippen LogP contribution in [0.4, 0.5) is 0 Å². The molecule has 0 bridgehead atoms. The van der Waals surface area contributed by atoms with Crippen LogP contribution in [-0.4, -0.2) is 62.3 Å². The van der Waals surface area contributed by atoms with Crippen LogP contribution in [0.1, 0.15) is 31.0 Å². The van der Waals surface area contributed by atoms with Crippen molar-refractivity contribution in [3.05, 3.63) is 47.8 Å². The predicted molar refractivity (Wildman–Crippen MR) is 133 cm³/mol. The number of hydrogen-bond acceptors (Lipinski definition) is 4. The fourth-order valence-electron chi connectivity index (χ4n) is 2.88. The third-order valence-corrected chi connectivity index (χ3v) is 4.43. The first-order valence-electron chi connectivity index (χ1n) is 10.4. The fourth-order valence-corrected chi connectivity index (χ4v) is 2.88. The Morgan fingerprint density at radius 3 is 2.63 bits per heavy atom. The van der Waals surface area contributed by atoms with Crippen molar-refractivity contribution in [3.8, 4) is 5.69 Å². The highest BCUT2D eigenvalue weighted by Gasteiger charge is 2.06. The highest BCUT2D eigenvalue weighted by molar-refractivity contribution is 14.0. The third kappa shape index (κ3) is 9.90. The summed E-state index contributed by atoms with van der Waals surface area (Å²) in [5, 5.41) is 11.3. The summed E-state index contributed by atoms with van der Waals surface area (Å²) in [5.74, 6) is 0.862. The number of guanidine groups is 1. The van der Waals surface area contributed by atoms with Gasteiger partial charge in [-0.15, -0.1) is 24.0 Å². The standard InChI is InChI=1S/C22H35N5O2.HI/c1-4-23-22(25-14-9-15-29-17-16-28-3)24-13-8-10-20-18-27(26-19(20)2)21-11-6-5-7-12-21;/h5-7,11-12,18H,4,8-10,13-17H2,1-3H3,(H2,23,24,25);1H. The second-order valence-electron chi connectivity index (χ2n) is 6.77. The molecule has 0 spiro atoms. The highest BCUT2D eigenvalue weighted by atomic mass is 127. The number of methoxy groups -OCH3 is 1. The maximum Gasteiger partial charge on any atom is 0.191 e. The van der Waals surface area contributed by atoms with Gasteiger partial charge >= 0.3 is 0 Å². The molecular weight excluding hydrogens is 493 g/mol. The first-order chi connectivity index (χ1) is 14.2. The lowest BCUT2D eigenvalue weighted by atomic mass is 10.1. The number of aryl methyl sites for hydroxylation is 2. The molecule has 1 heterocycles. The number of rotatable bonds is 13. The van der Waals surface area contributed by atoms with Crippen molar-refractivity contribution in [1.29, 1.82) is 0 Å². The maximum atomic E-state index is 5.48. The van der Waals surface area contributed by atoms with E-state index in [0.29, 0.717) is 13.2 Å². The number of hydrogen-bond donors (Lipinski definition) is 2. The Labute approximate surface area is 197 Å². The summed E-state index contributed by atoms with van der Waals surface area (Å²) in [6.45, 7) is 8.61. The second kappa shape index (κ2) is 16.1. The van der Waals surface area contributed by atoms with Crippen LogP contribution in [-0.2, 0) is 15.9 Å². The number of halogens is 1. The van der Waals surface area contributed by atoms with Crippen LogP contribution in [0.2, 0.25) is 0 Å². The molecule has 1 aromatic carbocycles. The second-order valence-corrected chi connectivity index (χ2v) is 6.77. The van der Waals surface area contributed by atoms with Gasteiger partial charge in [-0.05, 0) is 50.8 Å². The molecule has 0 saturated carbocycles. The molecule has 1 aromatic heterocycles. The Hall–Kier alpha value is -1.65. The lowest BCUT2D eigenvalue weighted by Crippen LogP contribution is -2.38. The lowest BCUT2D eigenvalue weighted by Gasteiger charge is -2.11. The zero-order valence-electron chi connectivity index (χ0n) is 18.4. The van der Waals surface area contributed by atoms with Gasteiger partial charge in [-0.2, -0.15) is 5.10 Å². The van der Waals surface area contributed by atoms with Gasteiger partial charge in [0, 0.05) is 39.5 Å². The van der Waals surface area contributed by atoms with Crippen LogP contribution in [0.3, 0.4) is 0 Å². The van der Waals surface area contributed by atoms with Crippen molar-refractivity contribution in [2.45, 2.75) is 33.1 Å². The molecule has 0 fully saturated rings. The van der Waals surface area contributed by atoms with Gasteiger partial charge in [-0.3, -0.25) is 4.99 Å². The number of nitrogens with zero attached hydrogens (tertiary/aromatic N) is 3. The summed E-state index contributed by atoms with van der Waals surface area (Å²) >= 11 is 0. The average Bonchev–Trinajstić information content (AvgIpc) is 3.11. The van der Waals surface area contributed by atoms with E-state index in [4.69, 9.17) is 9.47 Å². The Kier molecular flexibility index (Phi) is 14.2. The molecule has 8 heteroatoms.